The van der Waals surface area contributed by atoms with Crippen LogP contribution in [-0.2, 0) is 14.3 Å². The van der Waals surface area contributed by atoms with E-state index in [9.17, 15) is 14.4 Å². The third kappa shape index (κ3) is 7.24. The average Bonchev–Trinajstić information content (AvgIpc) is 3.10. The van der Waals surface area contributed by atoms with Crippen molar-refractivity contribution in [1.82, 2.24) is 10.6 Å². The van der Waals surface area contributed by atoms with Gasteiger partial charge in [0.05, 0.1) is 13.0 Å². The fourth-order valence-corrected chi connectivity index (χ4v) is 1.65. The van der Waals surface area contributed by atoms with Gasteiger partial charge in [-0.2, -0.15) is 0 Å². The molecule has 0 aliphatic heterocycles. The fraction of sp³-hybridized carbons (Fsp3) is 0.727. The van der Waals surface area contributed by atoms with Crippen LogP contribution >= 0.6 is 0 Å². The summed E-state index contributed by atoms with van der Waals surface area (Å²) in [7, 11) is 0. The molecule has 8 heteroatoms. The molecule has 0 radical (unpaired) electrons. The summed E-state index contributed by atoms with van der Waals surface area (Å²) >= 11 is 0. The molecule has 0 aromatic heterocycles. The van der Waals surface area contributed by atoms with Gasteiger partial charge in [-0.25, -0.2) is 4.79 Å². The standard InChI is InChI=1S/C11H19N3O5/c12-9(15)6-19-4-3-13-11(18)14-8(5-10(16)17)7-1-2-7/h7-8H,1-6H2,(H2,12,15)(H,16,17)(H2,13,14,18). The van der Waals surface area contributed by atoms with Gasteiger partial charge >= 0.3 is 12.0 Å². The van der Waals surface area contributed by atoms with Gasteiger partial charge in [0.15, 0.2) is 0 Å². The summed E-state index contributed by atoms with van der Waals surface area (Å²) in [5, 5.41) is 13.9. The van der Waals surface area contributed by atoms with Gasteiger partial charge in [0.25, 0.3) is 0 Å². The number of nitrogens with two attached hydrogens (primary N) is 1. The van der Waals surface area contributed by atoms with Crippen LogP contribution in [0, 0.1) is 5.92 Å². The number of rotatable bonds is 9. The number of hydrogen-bond acceptors (Lipinski definition) is 4. The number of carboxylic acid groups (broad SMARTS) is 1. The Morgan fingerprint density at radius 2 is 2.05 bits per heavy atom. The molecule has 0 saturated heterocycles. The third-order valence-electron chi connectivity index (χ3n) is 2.68. The Labute approximate surface area is 110 Å². The van der Waals surface area contributed by atoms with Crippen LogP contribution in [-0.4, -0.2) is 48.8 Å². The van der Waals surface area contributed by atoms with Gasteiger partial charge in [0.2, 0.25) is 5.91 Å². The van der Waals surface area contributed by atoms with E-state index in [1.165, 1.54) is 0 Å². The number of carboxylic acids is 1. The van der Waals surface area contributed by atoms with E-state index in [1.54, 1.807) is 0 Å². The zero-order valence-corrected chi connectivity index (χ0v) is 10.6. The number of carbonyl (C=O) groups excluding carboxylic acids is 2. The van der Waals surface area contributed by atoms with Crippen LogP contribution in [0.15, 0.2) is 0 Å². The molecule has 1 fully saturated rings. The normalized spacial score (nSPS) is 15.6. The van der Waals surface area contributed by atoms with E-state index in [4.69, 9.17) is 15.6 Å². The molecule has 0 bridgehead atoms. The van der Waals surface area contributed by atoms with Crippen LogP contribution in [0.3, 0.4) is 0 Å². The smallest absolute Gasteiger partial charge is 0.315 e. The number of aliphatic carboxylic acids is 1. The van der Waals surface area contributed by atoms with Crippen molar-refractivity contribution >= 4 is 17.9 Å². The van der Waals surface area contributed by atoms with Crippen LogP contribution in [0.4, 0.5) is 4.79 Å². The van der Waals surface area contributed by atoms with Crippen molar-refractivity contribution in [2.45, 2.75) is 25.3 Å². The van der Waals surface area contributed by atoms with Crippen molar-refractivity contribution in [2.24, 2.45) is 11.7 Å². The molecular formula is C11H19N3O5. The Balaban J connectivity index is 2.14. The van der Waals surface area contributed by atoms with Gasteiger partial charge in [-0.15, -0.1) is 0 Å². The highest BCUT2D eigenvalue weighted by Crippen LogP contribution is 2.33. The van der Waals surface area contributed by atoms with Crippen molar-refractivity contribution in [3.63, 3.8) is 0 Å². The van der Waals surface area contributed by atoms with Crippen LogP contribution in [0.1, 0.15) is 19.3 Å². The molecule has 3 amide bonds. The lowest BCUT2D eigenvalue weighted by molar-refractivity contribution is -0.137. The van der Waals surface area contributed by atoms with Gasteiger partial charge in [-0.1, -0.05) is 0 Å². The molecular weight excluding hydrogens is 254 g/mol. The molecule has 0 aromatic carbocycles. The summed E-state index contributed by atoms with van der Waals surface area (Å²) in [6.07, 6.45) is 1.82. The SMILES string of the molecule is NC(=O)COCCNC(=O)NC(CC(=O)O)C1CC1. The minimum absolute atomic E-state index is 0.0732. The predicted octanol–water partition coefficient (Wildman–Crippen LogP) is -0.959. The maximum Gasteiger partial charge on any atom is 0.315 e. The van der Waals surface area contributed by atoms with Crippen molar-refractivity contribution < 1.29 is 24.2 Å². The summed E-state index contributed by atoms with van der Waals surface area (Å²) in [5.41, 5.74) is 4.87. The first-order chi connectivity index (χ1) is 8.99. The minimum atomic E-state index is -0.929. The lowest BCUT2D eigenvalue weighted by atomic mass is 10.1. The van der Waals surface area contributed by atoms with Gasteiger partial charge in [0.1, 0.15) is 6.61 Å². The maximum atomic E-state index is 11.5. The molecule has 1 unspecified atom stereocenters. The van der Waals surface area contributed by atoms with Gasteiger partial charge in [0, 0.05) is 12.6 Å². The van der Waals surface area contributed by atoms with E-state index < -0.39 is 17.9 Å². The molecule has 5 N–H and O–H groups in total. The molecule has 108 valence electrons. The number of nitrogens with one attached hydrogen (secondary N) is 2. The molecule has 1 atom stereocenters. The Morgan fingerprint density at radius 3 is 2.58 bits per heavy atom. The zero-order valence-electron chi connectivity index (χ0n) is 10.6. The molecule has 0 heterocycles. The van der Waals surface area contributed by atoms with Gasteiger partial charge < -0.3 is 26.2 Å². The summed E-state index contributed by atoms with van der Waals surface area (Å²) in [6, 6.07) is -0.759. The van der Waals surface area contributed by atoms with Crippen molar-refractivity contribution in [3.05, 3.63) is 0 Å². The summed E-state index contributed by atoms with van der Waals surface area (Å²) in [5.74, 6) is -1.24. The Hall–Kier alpha value is -1.83. The second kappa shape index (κ2) is 7.57. The minimum Gasteiger partial charge on any atom is -0.481 e. The van der Waals surface area contributed by atoms with E-state index in [-0.39, 0.29) is 38.1 Å². The van der Waals surface area contributed by atoms with Crippen molar-refractivity contribution in [1.29, 1.82) is 0 Å². The van der Waals surface area contributed by atoms with Gasteiger partial charge in [-0.3, -0.25) is 9.59 Å². The summed E-state index contributed by atoms with van der Waals surface area (Å²) in [6.45, 7) is 0.208. The molecule has 0 aromatic rings. The Morgan fingerprint density at radius 1 is 1.37 bits per heavy atom. The molecule has 8 nitrogen and oxygen atoms in total. The number of primary amides is 1. The first-order valence-corrected chi connectivity index (χ1v) is 6.11. The number of hydrogen-bond donors (Lipinski definition) is 4. The van der Waals surface area contributed by atoms with Gasteiger partial charge in [-0.05, 0) is 18.8 Å². The van der Waals surface area contributed by atoms with Crippen LogP contribution in [0.25, 0.3) is 0 Å². The van der Waals surface area contributed by atoms with E-state index in [0.29, 0.717) is 0 Å². The predicted molar refractivity (Wildman–Crippen MR) is 65.3 cm³/mol. The average molecular weight is 273 g/mol. The highest BCUT2D eigenvalue weighted by Gasteiger charge is 2.33. The molecule has 0 spiro atoms. The first kappa shape index (κ1) is 15.2. The largest absolute Gasteiger partial charge is 0.481 e. The molecule has 1 aliphatic rings. The van der Waals surface area contributed by atoms with Crippen LogP contribution in [0.5, 0.6) is 0 Å². The van der Waals surface area contributed by atoms with Crippen LogP contribution < -0.4 is 16.4 Å². The molecule has 1 rings (SSSR count). The third-order valence-corrected chi connectivity index (χ3v) is 2.68. The number of ether oxygens (including phenoxy) is 1. The lowest BCUT2D eigenvalue weighted by Gasteiger charge is -2.16. The molecule has 1 saturated carbocycles. The number of amides is 3. The fourth-order valence-electron chi connectivity index (χ4n) is 1.65. The monoisotopic (exact) mass is 273 g/mol. The van der Waals surface area contributed by atoms with Crippen molar-refractivity contribution in [2.75, 3.05) is 19.8 Å². The Kier molecular flexibility index (Phi) is 6.07. The molecule has 1 aliphatic carbocycles. The second-order valence-corrected chi connectivity index (χ2v) is 4.46. The highest BCUT2D eigenvalue weighted by atomic mass is 16.5. The topological polar surface area (TPSA) is 131 Å². The lowest BCUT2D eigenvalue weighted by Crippen LogP contribution is -2.45. The zero-order chi connectivity index (χ0) is 14.3. The van der Waals surface area contributed by atoms with Crippen molar-refractivity contribution in [3.8, 4) is 0 Å². The second-order valence-electron chi connectivity index (χ2n) is 4.46. The first-order valence-electron chi connectivity index (χ1n) is 6.11. The quantitative estimate of drug-likeness (QED) is 0.402. The van der Waals surface area contributed by atoms with E-state index in [2.05, 4.69) is 10.6 Å². The summed E-state index contributed by atoms with van der Waals surface area (Å²) in [4.78, 5) is 32.5. The summed E-state index contributed by atoms with van der Waals surface area (Å²) < 4.78 is 4.86. The van der Waals surface area contributed by atoms with Crippen LogP contribution in [0.2, 0.25) is 0 Å². The van der Waals surface area contributed by atoms with E-state index in [1.807, 2.05) is 0 Å². The number of carbonyl (C=O) groups is 3. The van der Waals surface area contributed by atoms with E-state index in [0.717, 1.165) is 12.8 Å². The Bertz CT molecular complexity index is 343. The maximum absolute atomic E-state index is 11.5. The number of urea groups is 1. The molecule has 19 heavy (non-hydrogen) atoms. The van der Waals surface area contributed by atoms with E-state index >= 15 is 0 Å². The highest BCUT2D eigenvalue weighted by molar-refractivity contribution is 5.76.